The van der Waals surface area contributed by atoms with E-state index in [2.05, 4.69) is 9.97 Å². The van der Waals surface area contributed by atoms with Crippen LogP contribution in [0.1, 0.15) is 5.56 Å². The Morgan fingerprint density at radius 3 is 3.06 bits per heavy atom. The van der Waals surface area contributed by atoms with Crippen molar-refractivity contribution in [3.8, 4) is 0 Å². The number of aromatic amines is 1. The maximum Gasteiger partial charge on any atom is 0.316 e. The third-order valence-corrected chi connectivity index (χ3v) is 3.40. The Morgan fingerprint density at radius 1 is 1.56 bits per heavy atom. The van der Waals surface area contributed by atoms with Gasteiger partial charge in [0.15, 0.2) is 0 Å². The quantitative estimate of drug-likeness (QED) is 0.829. The van der Waals surface area contributed by atoms with Crippen molar-refractivity contribution in [2.75, 3.05) is 20.3 Å². The molecule has 0 radical (unpaired) electrons. The van der Waals surface area contributed by atoms with Crippen molar-refractivity contribution in [3.05, 3.63) is 30.1 Å². The van der Waals surface area contributed by atoms with E-state index in [4.69, 9.17) is 9.47 Å². The molecule has 0 saturated carbocycles. The van der Waals surface area contributed by atoms with Gasteiger partial charge in [0, 0.05) is 0 Å². The minimum atomic E-state index is -0.511. The topological polar surface area (TPSA) is 64.2 Å². The average molecular weight is 246 g/mol. The highest BCUT2D eigenvalue weighted by Gasteiger charge is 2.47. The van der Waals surface area contributed by atoms with Gasteiger partial charge in [-0.2, -0.15) is 0 Å². The summed E-state index contributed by atoms with van der Waals surface area (Å²) in [6, 6.07) is 5.96. The summed E-state index contributed by atoms with van der Waals surface area (Å²) in [6.45, 7) is 0.862. The zero-order valence-corrected chi connectivity index (χ0v) is 10.1. The van der Waals surface area contributed by atoms with Gasteiger partial charge in [-0.1, -0.05) is 6.07 Å². The Hall–Kier alpha value is -1.88. The van der Waals surface area contributed by atoms with Crippen molar-refractivity contribution in [3.63, 3.8) is 0 Å². The summed E-state index contributed by atoms with van der Waals surface area (Å²) in [6.07, 6.45) is 2.30. The summed E-state index contributed by atoms with van der Waals surface area (Å²) < 4.78 is 10.0. The van der Waals surface area contributed by atoms with Gasteiger partial charge in [-0.05, 0) is 24.1 Å². The van der Waals surface area contributed by atoms with Crippen LogP contribution in [-0.2, 0) is 20.7 Å². The van der Waals surface area contributed by atoms with Crippen LogP contribution in [0.5, 0.6) is 0 Å². The summed E-state index contributed by atoms with van der Waals surface area (Å²) >= 11 is 0. The van der Waals surface area contributed by atoms with Crippen molar-refractivity contribution < 1.29 is 14.3 Å². The maximum atomic E-state index is 11.8. The summed E-state index contributed by atoms with van der Waals surface area (Å²) in [5.74, 6) is -0.196. The van der Waals surface area contributed by atoms with Crippen molar-refractivity contribution in [1.82, 2.24) is 9.97 Å². The molecule has 94 valence electrons. The average Bonchev–Trinajstić information content (AvgIpc) is 2.80. The number of hydrogen-bond donors (Lipinski definition) is 1. The van der Waals surface area contributed by atoms with Crippen LogP contribution in [0.15, 0.2) is 24.5 Å². The van der Waals surface area contributed by atoms with Crippen molar-refractivity contribution in [2.24, 2.45) is 5.41 Å². The Balaban J connectivity index is 1.88. The van der Waals surface area contributed by atoms with E-state index in [0.717, 1.165) is 16.6 Å². The molecular formula is C13H14N2O3. The molecule has 1 aliphatic rings. The van der Waals surface area contributed by atoms with E-state index in [1.165, 1.54) is 7.11 Å². The monoisotopic (exact) mass is 246 g/mol. The smallest absolute Gasteiger partial charge is 0.316 e. The molecule has 0 unspecified atom stereocenters. The van der Waals surface area contributed by atoms with Gasteiger partial charge in [0.1, 0.15) is 5.41 Å². The summed E-state index contributed by atoms with van der Waals surface area (Å²) in [5, 5.41) is 0. The molecule has 1 saturated heterocycles. The lowest BCUT2D eigenvalue weighted by Crippen LogP contribution is -2.51. The predicted octanol–water partition coefficient (Wildman–Crippen LogP) is 1.29. The molecule has 1 aliphatic heterocycles. The number of methoxy groups -OCH3 is 1. The molecule has 1 aromatic heterocycles. The van der Waals surface area contributed by atoms with Crippen molar-refractivity contribution in [2.45, 2.75) is 6.42 Å². The minimum absolute atomic E-state index is 0.196. The highest BCUT2D eigenvalue weighted by Crippen LogP contribution is 2.33. The standard InChI is InChI=1S/C13H14N2O3/c1-17-12(16)13(6-18-7-13)5-9-2-3-10-11(4-9)15-8-14-10/h2-4,8H,5-7H2,1H3,(H,14,15). The van der Waals surface area contributed by atoms with Crippen LogP contribution in [0.3, 0.4) is 0 Å². The fourth-order valence-corrected chi connectivity index (χ4v) is 2.34. The number of aromatic nitrogens is 2. The fourth-order valence-electron chi connectivity index (χ4n) is 2.34. The van der Waals surface area contributed by atoms with E-state index < -0.39 is 5.41 Å². The molecule has 0 spiro atoms. The van der Waals surface area contributed by atoms with E-state index >= 15 is 0 Å². The van der Waals surface area contributed by atoms with Crippen LogP contribution in [0.25, 0.3) is 11.0 Å². The predicted molar refractivity (Wildman–Crippen MR) is 65.1 cm³/mol. The Bertz CT molecular complexity index is 587. The van der Waals surface area contributed by atoms with Crippen molar-refractivity contribution in [1.29, 1.82) is 0 Å². The number of esters is 1. The first-order valence-corrected chi connectivity index (χ1v) is 5.82. The number of carbonyl (C=O) groups is 1. The molecule has 0 bridgehead atoms. The number of rotatable bonds is 3. The van der Waals surface area contributed by atoms with Crippen LogP contribution in [-0.4, -0.2) is 36.3 Å². The van der Waals surface area contributed by atoms with E-state index in [1.54, 1.807) is 6.33 Å². The van der Waals surface area contributed by atoms with Gasteiger partial charge < -0.3 is 14.5 Å². The number of nitrogens with zero attached hydrogens (tertiary/aromatic N) is 1. The first-order chi connectivity index (χ1) is 8.73. The lowest BCUT2D eigenvalue weighted by molar-refractivity contribution is -0.182. The van der Waals surface area contributed by atoms with Gasteiger partial charge in [-0.25, -0.2) is 4.98 Å². The van der Waals surface area contributed by atoms with Gasteiger partial charge in [0.05, 0.1) is 37.7 Å². The Labute approximate surface area is 104 Å². The molecule has 1 N–H and O–H groups in total. The second-order valence-corrected chi connectivity index (χ2v) is 4.70. The van der Waals surface area contributed by atoms with Crippen LogP contribution in [0.4, 0.5) is 0 Å². The number of nitrogens with one attached hydrogen (secondary N) is 1. The first-order valence-electron chi connectivity index (χ1n) is 5.82. The molecular weight excluding hydrogens is 232 g/mol. The number of fused-ring (bicyclic) bond motifs is 1. The lowest BCUT2D eigenvalue weighted by Gasteiger charge is -2.38. The van der Waals surface area contributed by atoms with E-state index in [0.29, 0.717) is 19.6 Å². The van der Waals surface area contributed by atoms with Gasteiger partial charge in [0.2, 0.25) is 0 Å². The second kappa shape index (κ2) is 4.10. The highest BCUT2D eigenvalue weighted by atomic mass is 16.5. The molecule has 0 aliphatic carbocycles. The lowest BCUT2D eigenvalue weighted by atomic mass is 9.80. The number of hydrogen-bond acceptors (Lipinski definition) is 4. The molecule has 2 heterocycles. The normalized spacial score (nSPS) is 17.4. The zero-order valence-electron chi connectivity index (χ0n) is 10.1. The SMILES string of the molecule is COC(=O)C1(Cc2ccc3nc[nH]c3c2)COC1. The van der Waals surface area contributed by atoms with Gasteiger partial charge in [-0.3, -0.25) is 4.79 Å². The second-order valence-electron chi connectivity index (χ2n) is 4.70. The molecule has 2 aromatic rings. The summed E-state index contributed by atoms with van der Waals surface area (Å²) in [5.41, 5.74) is 2.48. The largest absolute Gasteiger partial charge is 0.468 e. The van der Waals surface area contributed by atoms with Crippen LogP contribution in [0, 0.1) is 5.41 Å². The first kappa shape index (κ1) is 11.2. The van der Waals surface area contributed by atoms with Crippen LogP contribution in [0.2, 0.25) is 0 Å². The number of ether oxygens (including phenoxy) is 2. The van der Waals surface area contributed by atoms with Gasteiger partial charge in [0.25, 0.3) is 0 Å². The molecule has 18 heavy (non-hydrogen) atoms. The molecule has 1 aromatic carbocycles. The van der Waals surface area contributed by atoms with Gasteiger partial charge in [-0.15, -0.1) is 0 Å². The third-order valence-electron chi connectivity index (χ3n) is 3.40. The highest BCUT2D eigenvalue weighted by molar-refractivity contribution is 5.79. The molecule has 5 nitrogen and oxygen atoms in total. The third kappa shape index (κ3) is 1.67. The molecule has 5 heteroatoms. The minimum Gasteiger partial charge on any atom is -0.468 e. The molecule has 0 amide bonds. The number of imidazole rings is 1. The summed E-state index contributed by atoms with van der Waals surface area (Å²) in [7, 11) is 1.42. The Morgan fingerprint density at radius 2 is 2.39 bits per heavy atom. The summed E-state index contributed by atoms with van der Waals surface area (Å²) in [4.78, 5) is 19.0. The number of carbonyl (C=O) groups excluding carboxylic acids is 1. The molecule has 0 atom stereocenters. The van der Waals surface area contributed by atoms with E-state index in [-0.39, 0.29) is 5.97 Å². The van der Waals surface area contributed by atoms with E-state index in [1.807, 2.05) is 18.2 Å². The van der Waals surface area contributed by atoms with Crippen molar-refractivity contribution >= 4 is 17.0 Å². The molecule has 1 fully saturated rings. The number of H-pyrrole nitrogens is 1. The maximum absolute atomic E-state index is 11.8. The molecule has 3 rings (SSSR count). The fraction of sp³-hybridized carbons (Fsp3) is 0.385. The van der Waals surface area contributed by atoms with E-state index in [9.17, 15) is 4.79 Å². The van der Waals surface area contributed by atoms with Crippen LogP contribution >= 0.6 is 0 Å². The zero-order chi connectivity index (χ0) is 12.6. The number of benzene rings is 1. The Kier molecular flexibility index (Phi) is 2.56. The van der Waals surface area contributed by atoms with Crippen LogP contribution < -0.4 is 0 Å². The van der Waals surface area contributed by atoms with Gasteiger partial charge >= 0.3 is 5.97 Å².